The van der Waals surface area contributed by atoms with Gasteiger partial charge in [-0.2, -0.15) is 0 Å². The summed E-state index contributed by atoms with van der Waals surface area (Å²) in [5, 5.41) is 9.16. The summed E-state index contributed by atoms with van der Waals surface area (Å²) in [4.78, 5) is 11.2. The average Bonchev–Trinajstić information content (AvgIpc) is 2.61. The number of sulfonamides is 1. The van der Waals surface area contributed by atoms with Crippen LogP contribution in [0, 0.1) is 5.92 Å². The summed E-state index contributed by atoms with van der Waals surface area (Å²) in [5.41, 5.74) is 0.120. The van der Waals surface area contributed by atoms with E-state index in [0.29, 0.717) is 5.75 Å². The van der Waals surface area contributed by atoms with Gasteiger partial charge in [0, 0.05) is 12.6 Å². The van der Waals surface area contributed by atoms with Gasteiger partial charge in [-0.3, -0.25) is 4.31 Å². The quantitative estimate of drug-likeness (QED) is 0.901. The lowest BCUT2D eigenvalue weighted by Crippen LogP contribution is -2.27. The molecule has 2 rings (SSSR count). The van der Waals surface area contributed by atoms with Gasteiger partial charge in [0.2, 0.25) is 10.0 Å². The van der Waals surface area contributed by atoms with Crippen molar-refractivity contribution < 1.29 is 23.1 Å². The number of aromatic carboxylic acids is 1. The fourth-order valence-corrected chi connectivity index (χ4v) is 4.11. The van der Waals surface area contributed by atoms with Crippen LogP contribution in [-0.2, 0) is 10.0 Å². The van der Waals surface area contributed by atoms with Gasteiger partial charge in [-0.15, -0.1) is 0 Å². The molecule has 1 N–H and O–H groups in total. The molecule has 1 fully saturated rings. The Bertz CT molecular complexity index is 611. The fraction of sp³-hybridized carbons (Fsp3) is 0.417. The minimum Gasteiger partial charge on any atom is -0.497 e. The summed E-state index contributed by atoms with van der Waals surface area (Å²) < 4.78 is 30.3. The smallest absolute Gasteiger partial charge is 0.337 e. The molecule has 7 heteroatoms. The first-order chi connectivity index (χ1) is 8.85. The Morgan fingerprint density at radius 1 is 1.47 bits per heavy atom. The molecule has 104 valence electrons. The fourth-order valence-electron chi connectivity index (χ4n) is 2.17. The van der Waals surface area contributed by atoms with E-state index < -0.39 is 16.0 Å². The highest BCUT2D eigenvalue weighted by atomic mass is 32.2. The Balaban J connectivity index is 2.57. The van der Waals surface area contributed by atoms with E-state index in [-0.39, 0.29) is 29.5 Å². The maximum atomic E-state index is 12.0. The third kappa shape index (κ3) is 2.51. The first-order valence-corrected chi connectivity index (χ1v) is 7.38. The molecule has 1 aromatic carbocycles. The molecule has 1 heterocycles. The van der Waals surface area contributed by atoms with E-state index in [0.717, 1.165) is 4.31 Å². The molecule has 0 bridgehead atoms. The van der Waals surface area contributed by atoms with E-state index in [1.807, 2.05) is 6.92 Å². The molecule has 1 atom stereocenters. The predicted octanol–water partition coefficient (Wildman–Crippen LogP) is 1.18. The number of rotatable bonds is 3. The number of carboxylic acid groups (broad SMARTS) is 1. The molecule has 0 spiro atoms. The highest BCUT2D eigenvalue weighted by Gasteiger charge is 2.35. The van der Waals surface area contributed by atoms with Crippen LogP contribution in [0.3, 0.4) is 0 Å². The Morgan fingerprint density at radius 2 is 2.16 bits per heavy atom. The molecule has 19 heavy (non-hydrogen) atoms. The third-order valence-corrected chi connectivity index (χ3v) is 5.02. The Kier molecular flexibility index (Phi) is 3.40. The van der Waals surface area contributed by atoms with Crippen molar-refractivity contribution in [2.24, 2.45) is 5.92 Å². The zero-order valence-electron chi connectivity index (χ0n) is 10.7. The van der Waals surface area contributed by atoms with Gasteiger partial charge in [0.1, 0.15) is 5.75 Å². The van der Waals surface area contributed by atoms with Crippen LogP contribution < -0.4 is 9.04 Å². The van der Waals surface area contributed by atoms with Crippen LogP contribution in [0.1, 0.15) is 17.3 Å². The number of benzene rings is 1. The minimum atomic E-state index is -3.46. The van der Waals surface area contributed by atoms with Crippen LogP contribution >= 0.6 is 0 Å². The molecular weight excluding hydrogens is 270 g/mol. The number of carboxylic acids is 1. The third-order valence-electron chi connectivity index (χ3n) is 3.01. The molecule has 1 aliphatic rings. The Hall–Kier alpha value is -1.76. The number of carbonyl (C=O) groups is 1. The van der Waals surface area contributed by atoms with Crippen molar-refractivity contribution in [3.8, 4) is 5.75 Å². The van der Waals surface area contributed by atoms with Crippen LogP contribution in [0.15, 0.2) is 18.2 Å². The second-order valence-corrected chi connectivity index (χ2v) is 6.54. The van der Waals surface area contributed by atoms with Gasteiger partial charge < -0.3 is 9.84 Å². The maximum Gasteiger partial charge on any atom is 0.337 e. The summed E-state index contributed by atoms with van der Waals surface area (Å²) in [5.74, 6) is -0.733. The lowest BCUT2D eigenvalue weighted by molar-refractivity contribution is 0.0697. The van der Waals surface area contributed by atoms with Crippen LogP contribution in [0.4, 0.5) is 5.69 Å². The van der Waals surface area contributed by atoms with E-state index in [2.05, 4.69) is 0 Å². The molecule has 0 amide bonds. The first kappa shape index (κ1) is 13.7. The Morgan fingerprint density at radius 3 is 2.63 bits per heavy atom. The molecule has 0 radical (unpaired) electrons. The molecular formula is C12H15NO5S. The lowest BCUT2D eigenvalue weighted by Gasteiger charge is -2.20. The second kappa shape index (κ2) is 4.73. The molecule has 1 aliphatic heterocycles. The average molecular weight is 285 g/mol. The van der Waals surface area contributed by atoms with Crippen LogP contribution in [0.5, 0.6) is 5.75 Å². The van der Waals surface area contributed by atoms with Crippen LogP contribution in [-0.4, -0.2) is 38.9 Å². The minimum absolute atomic E-state index is 0.0298. The van der Waals surface area contributed by atoms with E-state index in [1.165, 1.54) is 25.3 Å². The van der Waals surface area contributed by atoms with Gasteiger partial charge in [0.15, 0.2) is 0 Å². The van der Waals surface area contributed by atoms with E-state index in [9.17, 15) is 13.2 Å². The normalized spacial score (nSPS) is 21.4. The zero-order valence-corrected chi connectivity index (χ0v) is 11.5. The van der Waals surface area contributed by atoms with Crippen LogP contribution in [0.2, 0.25) is 0 Å². The number of anilines is 1. The van der Waals surface area contributed by atoms with Gasteiger partial charge in [-0.1, -0.05) is 6.92 Å². The van der Waals surface area contributed by atoms with Crippen LogP contribution in [0.25, 0.3) is 0 Å². The van der Waals surface area contributed by atoms with E-state index in [1.54, 1.807) is 0 Å². The number of ether oxygens (including phenoxy) is 1. The summed E-state index contributed by atoms with van der Waals surface area (Å²) in [6.45, 7) is 2.11. The summed E-state index contributed by atoms with van der Waals surface area (Å²) in [7, 11) is -2.01. The van der Waals surface area contributed by atoms with Crippen molar-refractivity contribution in [2.45, 2.75) is 6.92 Å². The summed E-state index contributed by atoms with van der Waals surface area (Å²) >= 11 is 0. The number of methoxy groups -OCH3 is 1. The van der Waals surface area contributed by atoms with Crippen molar-refractivity contribution in [3.05, 3.63) is 23.8 Å². The van der Waals surface area contributed by atoms with E-state index in [4.69, 9.17) is 9.84 Å². The number of hydrogen-bond acceptors (Lipinski definition) is 4. The van der Waals surface area contributed by atoms with Gasteiger partial charge >= 0.3 is 5.97 Å². The highest BCUT2D eigenvalue weighted by Crippen LogP contribution is 2.32. The second-order valence-electron chi connectivity index (χ2n) is 4.60. The summed E-state index contributed by atoms with van der Waals surface area (Å²) in [6, 6.07) is 4.30. The van der Waals surface area contributed by atoms with E-state index >= 15 is 0 Å². The SMILES string of the molecule is COc1ccc(C(=O)O)c(N2CC(C)CS2(=O)=O)c1. The summed E-state index contributed by atoms with van der Waals surface area (Å²) in [6.07, 6.45) is 0. The molecule has 0 saturated carbocycles. The number of nitrogens with zero attached hydrogens (tertiary/aromatic N) is 1. The van der Waals surface area contributed by atoms with Gasteiger partial charge in [-0.25, -0.2) is 13.2 Å². The largest absolute Gasteiger partial charge is 0.497 e. The molecule has 6 nitrogen and oxygen atoms in total. The molecule has 0 aliphatic carbocycles. The van der Waals surface area contributed by atoms with Crippen molar-refractivity contribution in [3.63, 3.8) is 0 Å². The topological polar surface area (TPSA) is 83.9 Å². The van der Waals surface area contributed by atoms with Gasteiger partial charge in [0.05, 0.1) is 24.1 Å². The Labute approximate surface area is 111 Å². The lowest BCUT2D eigenvalue weighted by atomic mass is 10.1. The van der Waals surface area contributed by atoms with Gasteiger partial charge in [-0.05, 0) is 18.1 Å². The molecule has 1 unspecified atom stereocenters. The molecule has 0 aromatic heterocycles. The molecule has 1 aromatic rings. The van der Waals surface area contributed by atoms with Crippen molar-refractivity contribution in [2.75, 3.05) is 23.7 Å². The highest BCUT2D eigenvalue weighted by molar-refractivity contribution is 7.93. The van der Waals surface area contributed by atoms with Crippen molar-refractivity contribution >= 4 is 21.7 Å². The first-order valence-electron chi connectivity index (χ1n) is 5.77. The van der Waals surface area contributed by atoms with Crippen molar-refractivity contribution in [1.29, 1.82) is 0 Å². The zero-order chi connectivity index (χ0) is 14.2. The molecule has 1 saturated heterocycles. The monoisotopic (exact) mass is 285 g/mol. The number of hydrogen-bond donors (Lipinski definition) is 1. The van der Waals surface area contributed by atoms with Gasteiger partial charge in [0.25, 0.3) is 0 Å². The standard InChI is InChI=1S/C12H15NO5S/c1-8-6-13(19(16,17)7-8)11-5-9(18-2)3-4-10(11)12(14)15/h3-5,8H,6-7H2,1-2H3,(H,14,15). The maximum absolute atomic E-state index is 12.0. The predicted molar refractivity (Wildman–Crippen MR) is 70.3 cm³/mol. The van der Waals surface area contributed by atoms with Crippen molar-refractivity contribution in [1.82, 2.24) is 0 Å².